The molecule has 0 atom stereocenters. The van der Waals surface area contributed by atoms with Crippen molar-refractivity contribution in [3.05, 3.63) is 42.7 Å². The van der Waals surface area contributed by atoms with E-state index in [1.54, 1.807) is 7.05 Å². The summed E-state index contributed by atoms with van der Waals surface area (Å²) in [6.07, 6.45) is 1.54. The number of hydrogen-bond acceptors (Lipinski definition) is 6. The standard InChI is InChI=1S/C13H12N6O/c1-19-8-15-13(18-19)20-11-7-10(14)16-12(17-11)9-5-3-2-4-6-9/h2-8H,1H3,(H2,14,16,17). The van der Waals surface area contributed by atoms with Crippen molar-refractivity contribution in [2.24, 2.45) is 7.05 Å². The van der Waals surface area contributed by atoms with Gasteiger partial charge < -0.3 is 10.5 Å². The number of nitrogen functional groups attached to an aromatic ring is 1. The van der Waals surface area contributed by atoms with Crippen LogP contribution in [-0.4, -0.2) is 24.7 Å². The summed E-state index contributed by atoms with van der Waals surface area (Å²) in [5.74, 6) is 1.13. The van der Waals surface area contributed by atoms with Crippen molar-refractivity contribution >= 4 is 5.82 Å². The third kappa shape index (κ3) is 2.56. The minimum absolute atomic E-state index is 0.213. The Labute approximate surface area is 115 Å². The molecule has 7 nitrogen and oxygen atoms in total. The van der Waals surface area contributed by atoms with E-state index in [2.05, 4.69) is 20.1 Å². The summed E-state index contributed by atoms with van der Waals surface area (Å²) in [5, 5.41) is 4.02. The van der Waals surface area contributed by atoms with Gasteiger partial charge in [0.1, 0.15) is 12.1 Å². The molecule has 3 rings (SSSR count). The Bertz CT molecular complexity index is 725. The van der Waals surface area contributed by atoms with Crippen LogP contribution in [0.2, 0.25) is 0 Å². The lowest BCUT2D eigenvalue weighted by molar-refractivity contribution is 0.422. The summed E-state index contributed by atoms with van der Waals surface area (Å²) in [4.78, 5) is 12.5. The van der Waals surface area contributed by atoms with Gasteiger partial charge in [0.15, 0.2) is 5.82 Å². The monoisotopic (exact) mass is 268 g/mol. The number of aryl methyl sites for hydroxylation is 1. The molecular formula is C13H12N6O. The van der Waals surface area contributed by atoms with Crippen LogP contribution in [0.3, 0.4) is 0 Å². The molecular weight excluding hydrogens is 256 g/mol. The molecule has 0 unspecified atom stereocenters. The van der Waals surface area contributed by atoms with Crippen molar-refractivity contribution in [2.75, 3.05) is 5.73 Å². The predicted molar refractivity (Wildman–Crippen MR) is 73.0 cm³/mol. The smallest absolute Gasteiger partial charge is 0.342 e. The Kier molecular flexibility index (Phi) is 3.00. The van der Waals surface area contributed by atoms with Crippen LogP contribution in [0.5, 0.6) is 11.9 Å². The van der Waals surface area contributed by atoms with Crippen LogP contribution in [0, 0.1) is 0 Å². The fourth-order valence-corrected chi connectivity index (χ4v) is 1.67. The Hall–Kier alpha value is -2.96. The highest BCUT2D eigenvalue weighted by molar-refractivity contribution is 5.57. The van der Waals surface area contributed by atoms with E-state index < -0.39 is 0 Å². The Morgan fingerprint density at radius 2 is 1.95 bits per heavy atom. The summed E-state index contributed by atoms with van der Waals surface area (Å²) in [6, 6.07) is 11.3. The van der Waals surface area contributed by atoms with Crippen LogP contribution in [0.1, 0.15) is 0 Å². The first-order chi connectivity index (χ1) is 9.70. The van der Waals surface area contributed by atoms with Gasteiger partial charge in [-0.3, -0.25) is 4.68 Å². The molecule has 2 heterocycles. The minimum Gasteiger partial charge on any atom is -0.404 e. The van der Waals surface area contributed by atoms with Crippen LogP contribution in [-0.2, 0) is 7.05 Å². The number of hydrogen-bond donors (Lipinski definition) is 1. The summed E-state index contributed by atoms with van der Waals surface area (Å²) in [6.45, 7) is 0. The summed E-state index contributed by atoms with van der Waals surface area (Å²) in [5.41, 5.74) is 6.64. The van der Waals surface area contributed by atoms with Crippen LogP contribution in [0.25, 0.3) is 11.4 Å². The molecule has 0 aliphatic carbocycles. The molecule has 7 heteroatoms. The number of anilines is 1. The number of nitrogens with zero attached hydrogens (tertiary/aromatic N) is 5. The van der Waals surface area contributed by atoms with E-state index in [0.29, 0.717) is 17.5 Å². The molecule has 0 radical (unpaired) electrons. The molecule has 2 aromatic heterocycles. The number of benzene rings is 1. The summed E-state index contributed by atoms with van der Waals surface area (Å²) < 4.78 is 7.01. The molecule has 100 valence electrons. The molecule has 3 aromatic rings. The molecule has 0 saturated heterocycles. The van der Waals surface area contributed by atoms with E-state index in [4.69, 9.17) is 10.5 Å². The van der Waals surface area contributed by atoms with Crippen molar-refractivity contribution in [2.45, 2.75) is 0 Å². The SMILES string of the molecule is Cn1cnc(Oc2cc(N)nc(-c3ccccc3)n2)n1. The highest BCUT2D eigenvalue weighted by Crippen LogP contribution is 2.22. The highest BCUT2D eigenvalue weighted by atomic mass is 16.5. The zero-order valence-corrected chi connectivity index (χ0v) is 10.8. The van der Waals surface area contributed by atoms with Crippen LogP contribution < -0.4 is 10.5 Å². The lowest BCUT2D eigenvalue weighted by Crippen LogP contribution is -1.99. The molecule has 1 aromatic carbocycles. The average Bonchev–Trinajstić information content (AvgIpc) is 2.84. The number of rotatable bonds is 3. The molecule has 0 amide bonds. The first-order valence-corrected chi connectivity index (χ1v) is 5.94. The van der Waals surface area contributed by atoms with Gasteiger partial charge in [0.05, 0.1) is 0 Å². The maximum atomic E-state index is 5.78. The maximum absolute atomic E-state index is 5.78. The molecule has 2 N–H and O–H groups in total. The van der Waals surface area contributed by atoms with Crippen molar-refractivity contribution < 1.29 is 4.74 Å². The lowest BCUT2D eigenvalue weighted by atomic mass is 10.2. The van der Waals surface area contributed by atoms with Crippen LogP contribution in [0.4, 0.5) is 5.82 Å². The van der Waals surface area contributed by atoms with E-state index in [1.165, 1.54) is 17.1 Å². The van der Waals surface area contributed by atoms with E-state index in [0.717, 1.165) is 5.56 Å². The second-order valence-corrected chi connectivity index (χ2v) is 4.12. The summed E-state index contributed by atoms with van der Waals surface area (Å²) in [7, 11) is 1.75. The molecule has 0 spiro atoms. The quantitative estimate of drug-likeness (QED) is 0.776. The average molecular weight is 268 g/mol. The van der Waals surface area contributed by atoms with Crippen LogP contribution >= 0.6 is 0 Å². The number of nitrogens with two attached hydrogens (primary N) is 1. The molecule has 20 heavy (non-hydrogen) atoms. The molecule has 0 aliphatic rings. The molecule has 0 aliphatic heterocycles. The van der Waals surface area contributed by atoms with Gasteiger partial charge in [0.25, 0.3) is 0 Å². The number of aromatic nitrogens is 5. The van der Waals surface area contributed by atoms with Gasteiger partial charge in [-0.05, 0) is 0 Å². The molecule has 0 bridgehead atoms. The Morgan fingerprint density at radius 3 is 2.65 bits per heavy atom. The van der Waals surface area contributed by atoms with Gasteiger partial charge in [-0.25, -0.2) is 4.98 Å². The largest absolute Gasteiger partial charge is 0.404 e. The predicted octanol–water partition coefficient (Wildman–Crippen LogP) is 1.65. The third-order valence-electron chi connectivity index (χ3n) is 2.53. The second kappa shape index (κ2) is 4.96. The minimum atomic E-state index is 0.213. The normalized spacial score (nSPS) is 10.4. The number of ether oxygens (including phenoxy) is 1. The van der Waals surface area contributed by atoms with Crippen molar-refractivity contribution in [3.8, 4) is 23.3 Å². The van der Waals surface area contributed by atoms with Crippen molar-refractivity contribution in [3.63, 3.8) is 0 Å². The van der Waals surface area contributed by atoms with Gasteiger partial charge in [-0.1, -0.05) is 30.3 Å². The molecule has 0 fully saturated rings. The third-order valence-corrected chi connectivity index (χ3v) is 2.53. The first-order valence-electron chi connectivity index (χ1n) is 5.94. The van der Waals surface area contributed by atoms with Gasteiger partial charge in [-0.2, -0.15) is 9.97 Å². The van der Waals surface area contributed by atoms with E-state index in [-0.39, 0.29) is 6.01 Å². The van der Waals surface area contributed by atoms with Crippen LogP contribution in [0.15, 0.2) is 42.7 Å². The van der Waals surface area contributed by atoms with Gasteiger partial charge in [0.2, 0.25) is 5.88 Å². The first kappa shape index (κ1) is 12.1. The van der Waals surface area contributed by atoms with Crippen molar-refractivity contribution in [1.29, 1.82) is 0 Å². The van der Waals surface area contributed by atoms with Gasteiger partial charge in [0, 0.05) is 18.7 Å². The van der Waals surface area contributed by atoms with Gasteiger partial charge >= 0.3 is 6.01 Å². The maximum Gasteiger partial charge on any atom is 0.342 e. The highest BCUT2D eigenvalue weighted by Gasteiger charge is 2.08. The van der Waals surface area contributed by atoms with Crippen molar-refractivity contribution in [1.82, 2.24) is 24.7 Å². The molecule has 0 saturated carbocycles. The Morgan fingerprint density at radius 1 is 1.15 bits per heavy atom. The summed E-state index contributed by atoms with van der Waals surface area (Å²) >= 11 is 0. The zero-order valence-electron chi connectivity index (χ0n) is 10.8. The second-order valence-electron chi connectivity index (χ2n) is 4.12. The topological polar surface area (TPSA) is 91.7 Å². The lowest BCUT2D eigenvalue weighted by Gasteiger charge is -2.05. The fraction of sp³-hybridized carbons (Fsp3) is 0.0769. The zero-order chi connectivity index (χ0) is 13.9. The van der Waals surface area contributed by atoms with E-state index in [1.807, 2.05) is 30.3 Å². The van der Waals surface area contributed by atoms with E-state index >= 15 is 0 Å². The van der Waals surface area contributed by atoms with Gasteiger partial charge in [-0.15, -0.1) is 5.10 Å². The van der Waals surface area contributed by atoms with E-state index in [9.17, 15) is 0 Å². The fourth-order valence-electron chi connectivity index (χ4n) is 1.67. The Balaban J connectivity index is 1.94.